The molecule has 7 heteroatoms. The third-order valence-electron chi connectivity index (χ3n) is 7.02. The molecule has 0 unspecified atom stereocenters. The third kappa shape index (κ3) is 9.05. The molecule has 0 spiro atoms. The number of aryl methyl sites for hydroxylation is 2. The maximum Gasteiger partial charge on any atom is 0.332 e. The molecule has 0 aliphatic carbocycles. The Hall–Kier alpha value is -1.89. The van der Waals surface area contributed by atoms with Gasteiger partial charge < -0.3 is 9.47 Å². The second-order valence-electron chi connectivity index (χ2n) is 10.1. The van der Waals surface area contributed by atoms with Gasteiger partial charge in [-0.2, -0.15) is 0 Å². The number of unbranched alkanes of at least 4 members (excludes halogenated alkanes) is 13. The number of imidazole rings is 1. The molecular formula is C27H49N5O2. The number of fused-ring (bicyclic) bond motifs is 1. The van der Waals surface area contributed by atoms with E-state index in [0.29, 0.717) is 17.7 Å². The zero-order valence-corrected chi connectivity index (χ0v) is 22.4. The summed E-state index contributed by atoms with van der Waals surface area (Å²) < 4.78 is 4.54. The fraction of sp³-hybridized carbons (Fsp3) is 0.815. The molecule has 0 bridgehead atoms. The van der Waals surface area contributed by atoms with Gasteiger partial charge in [-0.05, 0) is 39.4 Å². The molecular weight excluding hydrogens is 426 g/mol. The van der Waals surface area contributed by atoms with Gasteiger partial charge >= 0.3 is 5.69 Å². The second-order valence-corrected chi connectivity index (χ2v) is 10.1. The van der Waals surface area contributed by atoms with Gasteiger partial charge in [-0.3, -0.25) is 13.9 Å². The first-order chi connectivity index (χ1) is 16.5. The summed E-state index contributed by atoms with van der Waals surface area (Å²) >= 11 is 0. The molecule has 0 saturated carbocycles. The Balaban J connectivity index is 1.48. The highest BCUT2D eigenvalue weighted by Crippen LogP contribution is 2.11. The highest BCUT2D eigenvalue weighted by Gasteiger charge is 2.14. The van der Waals surface area contributed by atoms with Crippen molar-refractivity contribution in [2.24, 2.45) is 14.1 Å². The van der Waals surface area contributed by atoms with E-state index in [1.54, 1.807) is 25.0 Å². The molecule has 2 aromatic heterocycles. The Morgan fingerprint density at radius 3 is 1.82 bits per heavy atom. The Morgan fingerprint density at radius 1 is 0.765 bits per heavy atom. The fourth-order valence-electron chi connectivity index (χ4n) is 4.76. The number of rotatable bonds is 19. The molecule has 0 amide bonds. The van der Waals surface area contributed by atoms with Gasteiger partial charge in [-0.25, -0.2) is 9.78 Å². The summed E-state index contributed by atoms with van der Waals surface area (Å²) in [6, 6.07) is 0. The van der Waals surface area contributed by atoms with Crippen LogP contribution in [0.1, 0.15) is 103 Å². The standard InChI is InChI=1S/C27H49N5O2/c1-5-6-7-8-14-17-20-29(2)21-18-15-12-10-9-11-13-16-19-22-32-26(33)24-25(28-23-30(24)3)31(4)27(32)34/h23H,5-22H2,1-4H3. The molecule has 0 aromatic carbocycles. The molecule has 7 nitrogen and oxygen atoms in total. The summed E-state index contributed by atoms with van der Waals surface area (Å²) in [7, 11) is 5.74. The highest BCUT2D eigenvalue weighted by molar-refractivity contribution is 5.69. The predicted molar refractivity (Wildman–Crippen MR) is 143 cm³/mol. The number of aromatic nitrogens is 4. The molecule has 194 valence electrons. The summed E-state index contributed by atoms with van der Waals surface area (Å²) in [6.07, 6.45) is 20.8. The average Bonchev–Trinajstić information content (AvgIpc) is 3.21. The quantitative estimate of drug-likeness (QED) is 0.261. The van der Waals surface area contributed by atoms with Crippen molar-refractivity contribution >= 4 is 11.2 Å². The van der Waals surface area contributed by atoms with Crippen LogP contribution in [0, 0.1) is 0 Å². The maximum atomic E-state index is 12.7. The lowest BCUT2D eigenvalue weighted by atomic mass is 10.1. The summed E-state index contributed by atoms with van der Waals surface area (Å²) in [4.78, 5) is 31.9. The van der Waals surface area contributed by atoms with E-state index in [4.69, 9.17) is 0 Å². The molecule has 34 heavy (non-hydrogen) atoms. The normalized spacial score (nSPS) is 11.8. The number of nitrogens with zero attached hydrogens (tertiary/aromatic N) is 5. The van der Waals surface area contributed by atoms with Crippen LogP contribution in [0.15, 0.2) is 15.9 Å². The third-order valence-corrected chi connectivity index (χ3v) is 7.02. The Morgan fingerprint density at radius 2 is 1.26 bits per heavy atom. The molecule has 0 atom stereocenters. The lowest BCUT2D eigenvalue weighted by molar-refractivity contribution is 0.314. The van der Waals surface area contributed by atoms with Gasteiger partial charge in [0.2, 0.25) is 0 Å². The fourth-order valence-corrected chi connectivity index (χ4v) is 4.76. The van der Waals surface area contributed by atoms with Gasteiger partial charge in [-0.15, -0.1) is 0 Å². The first-order valence-corrected chi connectivity index (χ1v) is 13.8. The number of hydrogen-bond donors (Lipinski definition) is 0. The van der Waals surface area contributed by atoms with Crippen molar-refractivity contribution in [1.29, 1.82) is 0 Å². The first-order valence-electron chi connectivity index (χ1n) is 13.8. The van der Waals surface area contributed by atoms with E-state index < -0.39 is 0 Å². The predicted octanol–water partition coefficient (Wildman–Crippen LogP) is 5.24. The summed E-state index contributed by atoms with van der Waals surface area (Å²) in [5.41, 5.74) is 0.457. The van der Waals surface area contributed by atoms with Crippen LogP contribution in [0.3, 0.4) is 0 Å². The van der Waals surface area contributed by atoms with Gasteiger partial charge in [0, 0.05) is 20.6 Å². The van der Waals surface area contributed by atoms with E-state index in [9.17, 15) is 9.59 Å². The lowest BCUT2D eigenvalue weighted by Crippen LogP contribution is -2.39. The van der Waals surface area contributed by atoms with Crippen LogP contribution in [-0.4, -0.2) is 43.7 Å². The number of hydrogen-bond acceptors (Lipinski definition) is 4. The van der Waals surface area contributed by atoms with E-state index in [1.807, 2.05) is 0 Å². The van der Waals surface area contributed by atoms with Crippen LogP contribution < -0.4 is 11.2 Å². The van der Waals surface area contributed by atoms with Crippen molar-refractivity contribution in [2.75, 3.05) is 20.1 Å². The molecule has 2 aromatic rings. The van der Waals surface area contributed by atoms with Crippen LogP contribution in [0.4, 0.5) is 0 Å². The maximum absolute atomic E-state index is 12.7. The van der Waals surface area contributed by atoms with Gasteiger partial charge in [0.1, 0.15) is 0 Å². The Labute approximate surface area is 206 Å². The molecule has 0 saturated heterocycles. The molecule has 0 radical (unpaired) electrons. The smallest absolute Gasteiger partial charge is 0.328 e. The van der Waals surface area contributed by atoms with Crippen molar-refractivity contribution in [3.8, 4) is 0 Å². The second kappa shape index (κ2) is 15.9. The molecule has 2 heterocycles. The molecule has 0 N–H and O–H groups in total. The van der Waals surface area contributed by atoms with Crippen LogP contribution in [-0.2, 0) is 20.6 Å². The Kier molecular flexibility index (Phi) is 13.3. The van der Waals surface area contributed by atoms with Crippen molar-refractivity contribution in [3.63, 3.8) is 0 Å². The zero-order valence-electron chi connectivity index (χ0n) is 22.4. The first kappa shape index (κ1) is 28.3. The minimum Gasteiger partial charge on any atom is -0.328 e. The van der Waals surface area contributed by atoms with Crippen molar-refractivity contribution < 1.29 is 0 Å². The van der Waals surface area contributed by atoms with E-state index >= 15 is 0 Å². The van der Waals surface area contributed by atoms with Gasteiger partial charge in [-0.1, -0.05) is 84.0 Å². The van der Waals surface area contributed by atoms with Crippen molar-refractivity contribution in [1.82, 2.24) is 23.6 Å². The van der Waals surface area contributed by atoms with Gasteiger partial charge in [0.25, 0.3) is 5.56 Å². The topological polar surface area (TPSA) is 65.1 Å². The average molecular weight is 476 g/mol. The summed E-state index contributed by atoms with van der Waals surface area (Å²) in [5, 5.41) is 0. The van der Waals surface area contributed by atoms with Crippen LogP contribution in [0.5, 0.6) is 0 Å². The molecule has 0 aliphatic rings. The summed E-state index contributed by atoms with van der Waals surface area (Å²) in [6.45, 7) is 5.24. The van der Waals surface area contributed by atoms with Gasteiger partial charge in [0.05, 0.1) is 6.33 Å². The van der Waals surface area contributed by atoms with E-state index in [1.165, 1.54) is 106 Å². The van der Waals surface area contributed by atoms with Crippen LogP contribution >= 0.6 is 0 Å². The highest BCUT2D eigenvalue weighted by atomic mass is 16.2. The van der Waals surface area contributed by atoms with E-state index in [-0.39, 0.29) is 11.2 Å². The Bertz CT molecular complexity index is 943. The van der Waals surface area contributed by atoms with Crippen molar-refractivity contribution in [3.05, 3.63) is 27.2 Å². The van der Waals surface area contributed by atoms with Gasteiger partial charge in [0.15, 0.2) is 11.2 Å². The molecule has 2 rings (SSSR count). The monoisotopic (exact) mass is 475 g/mol. The van der Waals surface area contributed by atoms with E-state index in [2.05, 4.69) is 23.9 Å². The largest absolute Gasteiger partial charge is 0.332 e. The molecule has 0 aliphatic heterocycles. The SMILES string of the molecule is CCCCCCCCN(C)CCCCCCCCCCCn1c(=O)c2c(ncn2C)n(C)c1=O. The minimum absolute atomic E-state index is 0.226. The van der Waals surface area contributed by atoms with E-state index in [0.717, 1.165) is 12.8 Å². The summed E-state index contributed by atoms with van der Waals surface area (Å²) in [5.74, 6) is 0. The van der Waals surface area contributed by atoms with Crippen molar-refractivity contribution in [2.45, 2.75) is 110 Å². The minimum atomic E-state index is -0.270. The zero-order chi connectivity index (χ0) is 24.8. The lowest BCUT2D eigenvalue weighted by Gasteiger charge is -2.16. The van der Waals surface area contributed by atoms with Crippen LogP contribution in [0.25, 0.3) is 11.2 Å². The molecule has 0 fully saturated rings. The van der Waals surface area contributed by atoms with Crippen LogP contribution in [0.2, 0.25) is 0 Å².